The summed E-state index contributed by atoms with van der Waals surface area (Å²) in [6.07, 6.45) is 3.87. The number of amides is 1. The third kappa shape index (κ3) is 5.47. The predicted molar refractivity (Wildman–Crippen MR) is 61.7 cm³/mol. The Balaban J connectivity index is 4.35. The van der Waals surface area contributed by atoms with E-state index in [0.717, 1.165) is 0 Å². The third-order valence-electron chi connectivity index (χ3n) is 2.13. The van der Waals surface area contributed by atoms with Crippen LogP contribution in [-0.4, -0.2) is 29.3 Å². The molecule has 0 bridgehead atoms. The summed E-state index contributed by atoms with van der Waals surface area (Å²) in [6.45, 7) is 3.70. The zero-order chi connectivity index (χ0) is 11.8. The average Bonchev–Trinajstić information content (AvgIpc) is 2.21. The number of hydrogen-bond donors (Lipinski definition) is 2. The van der Waals surface area contributed by atoms with E-state index < -0.39 is 12.0 Å². The van der Waals surface area contributed by atoms with Crippen LogP contribution in [0.1, 0.15) is 20.3 Å². The molecule has 0 aromatic rings. The molecule has 0 aliphatic heterocycles. The number of hydrogen-bond acceptors (Lipinski definition) is 3. The van der Waals surface area contributed by atoms with E-state index in [-0.39, 0.29) is 11.8 Å². The lowest BCUT2D eigenvalue weighted by atomic mass is 9.99. The molecule has 5 heteroatoms. The van der Waals surface area contributed by atoms with Crippen LogP contribution in [0.4, 0.5) is 0 Å². The SMILES string of the molecule is CC[C@H](C)[C@H](NC(=O)/C=C/SC)C(=O)O. The molecule has 0 fully saturated rings. The number of carboxylic acid groups (broad SMARTS) is 1. The second-order valence-corrected chi connectivity index (χ2v) is 3.99. The number of nitrogens with one attached hydrogen (secondary N) is 1. The summed E-state index contributed by atoms with van der Waals surface area (Å²) in [5, 5.41) is 13.0. The highest BCUT2D eigenvalue weighted by atomic mass is 32.2. The first-order chi connectivity index (χ1) is 7.02. The standard InChI is InChI=1S/C10H17NO3S/c1-4-7(2)9(10(13)14)11-8(12)5-6-15-3/h5-7,9H,4H2,1-3H3,(H,11,12)(H,13,14)/b6-5+/t7-,9-/m0/s1. The van der Waals surface area contributed by atoms with Gasteiger partial charge in [0.2, 0.25) is 5.91 Å². The predicted octanol–water partition coefficient (Wildman–Crippen LogP) is 1.48. The van der Waals surface area contributed by atoms with Crippen LogP contribution < -0.4 is 5.32 Å². The van der Waals surface area contributed by atoms with Crippen LogP contribution in [0, 0.1) is 5.92 Å². The fourth-order valence-electron chi connectivity index (χ4n) is 1.01. The second-order valence-electron chi connectivity index (χ2n) is 3.25. The highest BCUT2D eigenvalue weighted by Crippen LogP contribution is 2.07. The van der Waals surface area contributed by atoms with Crippen molar-refractivity contribution in [3.05, 3.63) is 11.5 Å². The first kappa shape index (κ1) is 14.0. The summed E-state index contributed by atoms with van der Waals surface area (Å²) >= 11 is 1.39. The molecule has 15 heavy (non-hydrogen) atoms. The van der Waals surface area contributed by atoms with Crippen LogP contribution in [-0.2, 0) is 9.59 Å². The van der Waals surface area contributed by atoms with E-state index in [1.807, 2.05) is 13.2 Å². The summed E-state index contributed by atoms with van der Waals surface area (Å²) in [6, 6.07) is -0.811. The molecule has 86 valence electrons. The number of carbonyl (C=O) groups is 2. The Morgan fingerprint density at radius 1 is 1.53 bits per heavy atom. The van der Waals surface area contributed by atoms with E-state index in [2.05, 4.69) is 5.32 Å². The molecule has 1 amide bonds. The summed E-state index contributed by atoms with van der Waals surface area (Å²) < 4.78 is 0. The van der Waals surface area contributed by atoms with Gasteiger partial charge in [-0.15, -0.1) is 11.8 Å². The maximum Gasteiger partial charge on any atom is 0.326 e. The smallest absolute Gasteiger partial charge is 0.326 e. The Morgan fingerprint density at radius 2 is 2.13 bits per heavy atom. The van der Waals surface area contributed by atoms with Crippen LogP contribution in [0.5, 0.6) is 0 Å². The van der Waals surface area contributed by atoms with E-state index in [4.69, 9.17) is 5.11 Å². The van der Waals surface area contributed by atoms with Crippen molar-refractivity contribution in [1.29, 1.82) is 0 Å². The Morgan fingerprint density at radius 3 is 2.53 bits per heavy atom. The van der Waals surface area contributed by atoms with E-state index in [0.29, 0.717) is 6.42 Å². The molecule has 0 aliphatic carbocycles. The quantitative estimate of drug-likeness (QED) is 0.679. The summed E-state index contributed by atoms with van der Waals surface area (Å²) in [5.74, 6) is -1.43. The minimum Gasteiger partial charge on any atom is -0.480 e. The van der Waals surface area contributed by atoms with Crippen LogP contribution in [0.2, 0.25) is 0 Å². The number of rotatable bonds is 6. The van der Waals surface area contributed by atoms with E-state index in [1.54, 1.807) is 12.3 Å². The molecule has 4 nitrogen and oxygen atoms in total. The molecule has 0 heterocycles. The molecule has 0 spiro atoms. The Kier molecular flexibility index (Phi) is 6.86. The second kappa shape index (κ2) is 7.34. The molecule has 0 unspecified atom stereocenters. The molecule has 0 radical (unpaired) electrons. The number of carboxylic acids is 1. The molecular weight excluding hydrogens is 214 g/mol. The zero-order valence-corrected chi connectivity index (χ0v) is 10.0. The largest absolute Gasteiger partial charge is 0.480 e. The number of carbonyl (C=O) groups excluding carboxylic acids is 1. The highest BCUT2D eigenvalue weighted by Gasteiger charge is 2.24. The van der Waals surface area contributed by atoms with Gasteiger partial charge in [0.15, 0.2) is 0 Å². The van der Waals surface area contributed by atoms with Crippen LogP contribution in [0.25, 0.3) is 0 Å². The van der Waals surface area contributed by atoms with Crippen molar-refractivity contribution in [2.45, 2.75) is 26.3 Å². The lowest BCUT2D eigenvalue weighted by Gasteiger charge is -2.19. The van der Waals surface area contributed by atoms with Crippen molar-refractivity contribution in [1.82, 2.24) is 5.32 Å². The van der Waals surface area contributed by atoms with Gasteiger partial charge in [0.1, 0.15) is 6.04 Å². The summed E-state index contributed by atoms with van der Waals surface area (Å²) in [5.41, 5.74) is 0. The van der Waals surface area contributed by atoms with Gasteiger partial charge in [-0.25, -0.2) is 4.79 Å². The Hall–Kier alpha value is -0.970. The molecule has 0 aromatic carbocycles. The van der Waals surface area contributed by atoms with Crippen molar-refractivity contribution in [2.24, 2.45) is 5.92 Å². The van der Waals surface area contributed by atoms with Gasteiger partial charge in [-0.2, -0.15) is 0 Å². The fraction of sp³-hybridized carbons (Fsp3) is 0.600. The molecule has 0 aromatic heterocycles. The zero-order valence-electron chi connectivity index (χ0n) is 9.19. The highest BCUT2D eigenvalue weighted by molar-refractivity contribution is 8.01. The van der Waals surface area contributed by atoms with Gasteiger partial charge in [-0.3, -0.25) is 4.79 Å². The average molecular weight is 231 g/mol. The van der Waals surface area contributed by atoms with Crippen LogP contribution in [0.15, 0.2) is 11.5 Å². The normalized spacial score (nSPS) is 14.9. The van der Waals surface area contributed by atoms with Gasteiger partial charge in [0.25, 0.3) is 0 Å². The van der Waals surface area contributed by atoms with Gasteiger partial charge in [-0.1, -0.05) is 20.3 Å². The van der Waals surface area contributed by atoms with E-state index in [1.165, 1.54) is 17.8 Å². The van der Waals surface area contributed by atoms with Gasteiger partial charge in [0, 0.05) is 6.08 Å². The van der Waals surface area contributed by atoms with Gasteiger partial charge >= 0.3 is 5.97 Å². The van der Waals surface area contributed by atoms with Gasteiger partial charge in [0.05, 0.1) is 0 Å². The molecule has 0 rings (SSSR count). The maximum atomic E-state index is 11.3. The third-order valence-corrected chi connectivity index (χ3v) is 2.54. The topological polar surface area (TPSA) is 66.4 Å². The summed E-state index contributed by atoms with van der Waals surface area (Å²) in [7, 11) is 0. The fourth-order valence-corrected chi connectivity index (χ4v) is 1.27. The molecule has 0 saturated heterocycles. The van der Waals surface area contributed by atoms with Crippen molar-refractivity contribution in [3.63, 3.8) is 0 Å². The van der Waals surface area contributed by atoms with Crippen molar-refractivity contribution < 1.29 is 14.7 Å². The first-order valence-corrected chi connectivity index (χ1v) is 6.04. The maximum absolute atomic E-state index is 11.3. The lowest BCUT2D eigenvalue weighted by molar-refractivity contribution is -0.142. The van der Waals surface area contributed by atoms with Gasteiger partial charge in [-0.05, 0) is 17.6 Å². The molecule has 2 N–H and O–H groups in total. The van der Waals surface area contributed by atoms with Crippen molar-refractivity contribution in [2.75, 3.05) is 6.26 Å². The van der Waals surface area contributed by atoms with E-state index >= 15 is 0 Å². The molecular formula is C10H17NO3S. The van der Waals surface area contributed by atoms with Crippen molar-refractivity contribution >= 4 is 23.6 Å². The van der Waals surface area contributed by atoms with Crippen molar-refractivity contribution in [3.8, 4) is 0 Å². The van der Waals surface area contributed by atoms with Gasteiger partial charge < -0.3 is 10.4 Å². The lowest BCUT2D eigenvalue weighted by Crippen LogP contribution is -2.44. The summed E-state index contributed by atoms with van der Waals surface area (Å²) in [4.78, 5) is 22.1. The Bertz CT molecular complexity index is 253. The molecule has 0 saturated carbocycles. The minimum absolute atomic E-state index is 0.0749. The number of thioether (sulfide) groups is 1. The number of aliphatic carboxylic acids is 1. The minimum atomic E-state index is -0.991. The molecule has 2 atom stereocenters. The first-order valence-electron chi connectivity index (χ1n) is 4.75. The van der Waals surface area contributed by atoms with Crippen LogP contribution >= 0.6 is 11.8 Å². The monoisotopic (exact) mass is 231 g/mol. The Labute approximate surface area is 94.1 Å². The van der Waals surface area contributed by atoms with E-state index in [9.17, 15) is 9.59 Å². The molecule has 0 aliphatic rings. The van der Waals surface area contributed by atoms with Crippen LogP contribution in [0.3, 0.4) is 0 Å².